The van der Waals surface area contributed by atoms with E-state index in [4.69, 9.17) is 4.74 Å². The van der Waals surface area contributed by atoms with Crippen LogP contribution in [0.4, 0.5) is 0 Å². The second kappa shape index (κ2) is 9.71. The molecule has 1 aromatic rings. The number of hydrogen-bond donors (Lipinski definition) is 1. The van der Waals surface area contributed by atoms with Crippen molar-refractivity contribution >= 4 is 16.0 Å². The maximum absolute atomic E-state index is 12.6. The highest BCUT2D eigenvalue weighted by atomic mass is 32.2. The fourth-order valence-electron chi connectivity index (χ4n) is 3.26. The first-order valence-corrected chi connectivity index (χ1v) is 11.5. The molecule has 8 heteroatoms. The van der Waals surface area contributed by atoms with Gasteiger partial charge in [0.2, 0.25) is 10.0 Å². The zero-order chi connectivity index (χ0) is 20.0. The number of nitrogens with zero attached hydrogens (tertiary/aromatic N) is 3. The van der Waals surface area contributed by atoms with E-state index >= 15 is 0 Å². The molecular weight excluding hydrogens is 376 g/mol. The molecule has 156 valence electrons. The largest absolute Gasteiger partial charge is 0.379 e. The van der Waals surface area contributed by atoms with Crippen LogP contribution in [0.25, 0.3) is 0 Å². The first-order chi connectivity index (χ1) is 13.5. The van der Waals surface area contributed by atoms with Crippen LogP contribution in [-0.2, 0) is 21.3 Å². The van der Waals surface area contributed by atoms with E-state index in [0.29, 0.717) is 31.1 Å². The highest BCUT2D eigenvalue weighted by Crippen LogP contribution is 2.28. The highest BCUT2D eigenvalue weighted by Gasteiger charge is 2.26. The molecule has 1 saturated heterocycles. The Morgan fingerprint density at radius 2 is 1.93 bits per heavy atom. The van der Waals surface area contributed by atoms with Gasteiger partial charge in [-0.3, -0.25) is 4.99 Å². The highest BCUT2D eigenvalue weighted by molar-refractivity contribution is 7.89. The topological polar surface area (TPSA) is 74.2 Å². The van der Waals surface area contributed by atoms with Crippen molar-refractivity contribution in [3.63, 3.8) is 0 Å². The summed E-state index contributed by atoms with van der Waals surface area (Å²) in [5, 5.41) is 3.32. The molecule has 2 aliphatic rings. The summed E-state index contributed by atoms with van der Waals surface area (Å²) in [7, 11) is 0.395. The van der Waals surface area contributed by atoms with Gasteiger partial charge in [0.15, 0.2) is 5.96 Å². The molecule has 1 N–H and O–H groups in total. The summed E-state index contributed by atoms with van der Waals surface area (Å²) < 4.78 is 32.4. The van der Waals surface area contributed by atoms with Crippen LogP contribution in [0.1, 0.15) is 31.2 Å². The summed E-state index contributed by atoms with van der Waals surface area (Å²) >= 11 is 0. The molecule has 0 unspecified atom stereocenters. The summed E-state index contributed by atoms with van der Waals surface area (Å²) in [6.07, 6.45) is 4.49. The van der Waals surface area contributed by atoms with Gasteiger partial charge in [-0.15, -0.1) is 0 Å². The van der Waals surface area contributed by atoms with Crippen molar-refractivity contribution in [1.82, 2.24) is 14.5 Å². The molecule has 7 nitrogen and oxygen atoms in total. The molecule has 0 radical (unpaired) electrons. The summed E-state index contributed by atoms with van der Waals surface area (Å²) in [4.78, 5) is 6.72. The smallest absolute Gasteiger partial charge is 0.243 e. The van der Waals surface area contributed by atoms with Gasteiger partial charge in [-0.25, -0.2) is 8.42 Å². The average molecular weight is 409 g/mol. The molecule has 3 rings (SSSR count). The second-order valence-corrected chi connectivity index (χ2v) is 9.53. The van der Waals surface area contributed by atoms with Crippen molar-refractivity contribution in [1.29, 1.82) is 0 Å². The van der Waals surface area contributed by atoms with Crippen molar-refractivity contribution in [2.24, 2.45) is 10.9 Å². The van der Waals surface area contributed by atoms with Gasteiger partial charge in [0.1, 0.15) is 0 Å². The molecule has 28 heavy (non-hydrogen) atoms. The lowest BCUT2D eigenvalue weighted by atomic mass is 10.2. The Hall–Kier alpha value is -1.64. The van der Waals surface area contributed by atoms with E-state index in [2.05, 4.69) is 10.3 Å². The average Bonchev–Trinajstić information content (AvgIpc) is 3.35. The second-order valence-electron chi connectivity index (χ2n) is 7.60. The molecule has 1 aliphatic carbocycles. The number of rotatable bonds is 9. The number of guanidine groups is 1. The van der Waals surface area contributed by atoms with Crippen LogP contribution in [-0.4, -0.2) is 70.5 Å². The van der Waals surface area contributed by atoms with Gasteiger partial charge >= 0.3 is 0 Å². The lowest BCUT2D eigenvalue weighted by Crippen LogP contribution is -2.40. The summed E-state index contributed by atoms with van der Waals surface area (Å²) in [6, 6.07) is 7.12. The maximum Gasteiger partial charge on any atom is 0.243 e. The van der Waals surface area contributed by atoms with Crippen molar-refractivity contribution in [2.45, 2.75) is 37.1 Å². The monoisotopic (exact) mass is 408 g/mol. The molecule has 1 heterocycles. The molecule has 0 aromatic heterocycles. The van der Waals surface area contributed by atoms with Crippen LogP contribution >= 0.6 is 0 Å². The maximum atomic E-state index is 12.6. The zero-order valence-corrected chi connectivity index (χ0v) is 17.7. The Labute approximate surface area is 168 Å². The van der Waals surface area contributed by atoms with E-state index in [0.717, 1.165) is 43.4 Å². The third-order valence-corrected chi connectivity index (χ3v) is 7.18. The lowest BCUT2D eigenvalue weighted by molar-refractivity contribution is 0.115. The minimum atomic E-state index is -3.35. The van der Waals surface area contributed by atoms with Crippen LogP contribution in [0.5, 0.6) is 0 Å². The SMILES string of the molecule is CN=C(NCc1ccc(S(=O)(=O)N2CCCC2)cc1)N(C)CCOCC1CC1. The summed E-state index contributed by atoms with van der Waals surface area (Å²) in [5.41, 5.74) is 1.01. The number of sulfonamides is 1. The van der Waals surface area contributed by atoms with Gasteiger partial charge in [-0.2, -0.15) is 4.31 Å². The standard InChI is InChI=1S/C20H32N4O3S/c1-21-20(23(2)13-14-27-16-18-5-6-18)22-15-17-7-9-19(10-8-17)28(25,26)24-11-3-4-12-24/h7-10,18H,3-6,11-16H2,1-2H3,(H,21,22). The van der Waals surface area contributed by atoms with Gasteiger partial charge in [-0.05, 0) is 49.3 Å². The van der Waals surface area contributed by atoms with Crippen molar-refractivity contribution in [2.75, 3.05) is 46.9 Å². The Morgan fingerprint density at radius 1 is 1.25 bits per heavy atom. The van der Waals surface area contributed by atoms with Gasteiger partial charge in [-0.1, -0.05) is 12.1 Å². The predicted octanol–water partition coefficient (Wildman–Crippen LogP) is 1.90. The number of ether oxygens (including phenoxy) is 1. The van der Waals surface area contributed by atoms with Crippen molar-refractivity contribution < 1.29 is 13.2 Å². The first kappa shape index (κ1) is 21.1. The molecule has 1 aromatic carbocycles. The minimum absolute atomic E-state index is 0.368. The van der Waals surface area contributed by atoms with Crippen LogP contribution in [0.2, 0.25) is 0 Å². The van der Waals surface area contributed by atoms with E-state index < -0.39 is 10.0 Å². The van der Waals surface area contributed by atoms with Crippen molar-refractivity contribution in [3.05, 3.63) is 29.8 Å². The van der Waals surface area contributed by atoms with Crippen LogP contribution in [0.15, 0.2) is 34.2 Å². The van der Waals surface area contributed by atoms with Crippen LogP contribution in [0.3, 0.4) is 0 Å². The molecule has 1 saturated carbocycles. The molecule has 2 fully saturated rings. The quantitative estimate of drug-likeness (QED) is 0.384. The van der Waals surface area contributed by atoms with Crippen LogP contribution < -0.4 is 5.32 Å². The Kier molecular flexibility index (Phi) is 7.31. The zero-order valence-electron chi connectivity index (χ0n) is 16.9. The fourth-order valence-corrected chi connectivity index (χ4v) is 4.78. The summed E-state index contributed by atoms with van der Waals surface area (Å²) in [6.45, 7) is 4.17. The van der Waals surface area contributed by atoms with Gasteiger partial charge < -0.3 is 15.0 Å². The number of hydrogen-bond acceptors (Lipinski definition) is 4. The molecule has 1 aliphatic heterocycles. The Morgan fingerprint density at radius 3 is 2.54 bits per heavy atom. The Balaban J connectivity index is 1.47. The number of nitrogens with one attached hydrogen (secondary N) is 1. The van der Waals surface area contributed by atoms with Gasteiger partial charge in [0.05, 0.1) is 11.5 Å². The van der Waals surface area contributed by atoms with E-state index in [9.17, 15) is 8.42 Å². The van der Waals surface area contributed by atoms with E-state index in [1.807, 2.05) is 24.1 Å². The lowest BCUT2D eigenvalue weighted by Gasteiger charge is -2.22. The van der Waals surface area contributed by atoms with E-state index in [-0.39, 0.29) is 0 Å². The van der Waals surface area contributed by atoms with E-state index in [1.165, 1.54) is 12.8 Å². The summed E-state index contributed by atoms with van der Waals surface area (Å²) in [5.74, 6) is 1.57. The molecule has 0 spiro atoms. The predicted molar refractivity (Wildman–Crippen MR) is 111 cm³/mol. The molecule has 0 atom stereocenters. The molecular formula is C20H32N4O3S. The first-order valence-electron chi connectivity index (χ1n) is 10.1. The third kappa shape index (κ3) is 5.68. The number of likely N-dealkylation sites (N-methyl/N-ethyl adjacent to an activating group) is 1. The minimum Gasteiger partial charge on any atom is -0.379 e. The Bertz CT molecular complexity index is 754. The number of benzene rings is 1. The fraction of sp³-hybridized carbons (Fsp3) is 0.650. The normalized spacial score (nSPS) is 18.4. The van der Waals surface area contributed by atoms with Crippen LogP contribution in [0, 0.1) is 5.92 Å². The van der Waals surface area contributed by atoms with Gasteiger partial charge in [0.25, 0.3) is 0 Å². The molecule has 0 amide bonds. The van der Waals surface area contributed by atoms with Gasteiger partial charge in [0, 0.05) is 46.9 Å². The molecule has 0 bridgehead atoms. The number of aliphatic imine (C=N–C) groups is 1. The van der Waals surface area contributed by atoms with E-state index in [1.54, 1.807) is 23.5 Å². The van der Waals surface area contributed by atoms with Crippen molar-refractivity contribution in [3.8, 4) is 0 Å². The third-order valence-electron chi connectivity index (χ3n) is 5.27.